The topological polar surface area (TPSA) is 142 Å². The van der Waals surface area contributed by atoms with E-state index < -0.39 is 10.8 Å². The summed E-state index contributed by atoms with van der Waals surface area (Å²) in [5, 5.41) is 11.8. The first-order valence-corrected chi connectivity index (χ1v) is 9.50. The SMILES string of the molecule is O=C(NNc1ncnc(N2CCN(c3ccccn3)CC2)c1[N+](=O)[O-])c1cccnc1. The number of nitrogens with one attached hydrogen (secondary N) is 2. The number of hydrogen-bond donors (Lipinski definition) is 2. The van der Waals surface area contributed by atoms with Crippen LogP contribution in [-0.4, -0.2) is 56.9 Å². The van der Waals surface area contributed by atoms with Crippen LogP contribution in [0.1, 0.15) is 10.4 Å². The highest BCUT2D eigenvalue weighted by Gasteiger charge is 2.29. The molecule has 4 heterocycles. The van der Waals surface area contributed by atoms with Crippen molar-refractivity contribution < 1.29 is 9.72 Å². The van der Waals surface area contributed by atoms with Crippen LogP contribution in [0.5, 0.6) is 0 Å². The van der Waals surface area contributed by atoms with Gasteiger partial charge in [-0.2, -0.15) is 0 Å². The lowest BCUT2D eigenvalue weighted by atomic mass is 10.2. The number of anilines is 3. The number of rotatable bonds is 6. The monoisotopic (exact) mass is 421 g/mol. The van der Waals surface area contributed by atoms with Crippen LogP contribution < -0.4 is 20.7 Å². The fourth-order valence-electron chi connectivity index (χ4n) is 3.23. The lowest BCUT2D eigenvalue weighted by Crippen LogP contribution is -2.47. The Kier molecular flexibility index (Phi) is 5.78. The minimum atomic E-state index is -0.557. The van der Waals surface area contributed by atoms with Crippen molar-refractivity contribution in [2.24, 2.45) is 0 Å². The van der Waals surface area contributed by atoms with Gasteiger partial charge in [0.05, 0.1) is 10.5 Å². The molecule has 158 valence electrons. The minimum Gasteiger partial charge on any atom is -0.353 e. The maximum atomic E-state index is 12.2. The molecule has 0 bridgehead atoms. The van der Waals surface area contributed by atoms with Crippen molar-refractivity contribution in [1.82, 2.24) is 25.4 Å². The molecule has 31 heavy (non-hydrogen) atoms. The summed E-state index contributed by atoms with van der Waals surface area (Å²) in [6.07, 6.45) is 5.89. The first kappa shape index (κ1) is 19.9. The van der Waals surface area contributed by atoms with E-state index in [-0.39, 0.29) is 17.3 Å². The molecule has 12 nitrogen and oxygen atoms in total. The Hall–Kier alpha value is -4.35. The standard InChI is InChI=1S/C19H19N9O3/c29-19(14-4-3-6-20-12-14)25-24-17-16(28(30)31)18(23-13-22-17)27-10-8-26(9-11-27)15-5-1-2-7-21-15/h1-7,12-13H,8-11H2,(H,25,29)(H,22,23,24). The number of nitrogens with zero attached hydrogens (tertiary/aromatic N) is 7. The van der Waals surface area contributed by atoms with Crippen LogP contribution in [0.3, 0.4) is 0 Å². The molecule has 0 spiro atoms. The normalized spacial score (nSPS) is 13.5. The van der Waals surface area contributed by atoms with Crippen molar-refractivity contribution in [3.05, 3.63) is 70.9 Å². The van der Waals surface area contributed by atoms with Crippen LogP contribution in [0, 0.1) is 10.1 Å². The van der Waals surface area contributed by atoms with Crippen molar-refractivity contribution >= 4 is 29.0 Å². The number of amides is 1. The molecule has 1 aliphatic heterocycles. The Balaban J connectivity index is 1.49. The average molecular weight is 421 g/mol. The zero-order valence-corrected chi connectivity index (χ0v) is 16.4. The quantitative estimate of drug-likeness (QED) is 0.441. The fraction of sp³-hybridized carbons (Fsp3) is 0.211. The number of pyridine rings is 2. The number of carbonyl (C=O) groups is 1. The first-order chi connectivity index (χ1) is 15.1. The Morgan fingerprint density at radius 1 is 1.00 bits per heavy atom. The summed E-state index contributed by atoms with van der Waals surface area (Å²) in [6, 6.07) is 8.89. The van der Waals surface area contributed by atoms with Crippen LogP contribution >= 0.6 is 0 Å². The Morgan fingerprint density at radius 3 is 2.48 bits per heavy atom. The van der Waals surface area contributed by atoms with E-state index in [0.717, 1.165) is 5.82 Å². The second-order valence-corrected chi connectivity index (χ2v) is 6.63. The molecule has 0 radical (unpaired) electrons. The second-order valence-electron chi connectivity index (χ2n) is 6.63. The number of nitro groups is 1. The molecule has 0 saturated carbocycles. The summed E-state index contributed by atoms with van der Waals surface area (Å²) in [4.78, 5) is 43.7. The van der Waals surface area contributed by atoms with Crippen molar-refractivity contribution in [2.45, 2.75) is 0 Å². The number of carbonyl (C=O) groups excluding carboxylic acids is 1. The van der Waals surface area contributed by atoms with Gasteiger partial charge < -0.3 is 9.80 Å². The minimum absolute atomic E-state index is 0.0978. The highest BCUT2D eigenvalue weighted by atomic mass is 16.6. The number of hydrazine groups is 1. The molecule has 0 unspecified atom stereocenters. The molecule has 12 heteroatoms. The highest BCUT2D eigenvalue weighted by Crippen LogP contribution is 2.32. The molecule has 4 rings (SSSR count). The zero-order chi connectivity index (χ0) is 21.6. The molecule has 0 aromatic carbocycles. The van der Waals surface area contributed by atoms with Gasteiger partial charge in [0.15, 0.2) is 0 Å². The van der Waals surface area contributed by atoms with Gasteiger partial charge in [-0.3, -0.25) is 30.7 Å². The van der Waals surface area contributed by atoms with Crippen molar-refractivity contribution in [1.29, 1.82) is 0 Å². The van der Waals surface area contributed by atoms with E-state index in [4.69, 9.17) is 0 Å². The Bertz CT molecular complexity index is 1060. The predicted octanol–water partition coefficient (Wildman–Crippen LogP) is 1.26. The van der Waals surface area contributed by atoms with Crippen molar-refractivity contribution in [3.8, 4) is 0 Å². The summed E-state index contributed by atoms with van der Waals surface area (Å²) in [6.45, 7) is 2.32. The van der Waals surface area contributed by atoms with Gasteiger partial charge in [-0.05, 0) is 24.3 Å². The third-order valence-corrected chi connectivity index (χ3v) is 4.76. The van der Waals surface area contributed by atoms with Gasteiger partial charge in [0.1, 0.15) is 12.1 Å². The number of aromatic nitrogens is 4. The first-order valence-electron chi connectivity index (χ1n) is 9.50. The van der Waals surface area contributed by atoms with E-state index in [1.54, 1.807) is 24.5 Å². The maximum Gasteiger partial charge on any atom is 0.355 e. The molecule has 0 atom stereocenters. The van der Waals surface area contributed by atoms with Crippen LogP contribution in [-0.2, 0) is 0 Å². The van der Waals surface area contributed by atoms with Crippen LogP contribution in [0.4, 0.5) is 23.1 Å². The fourth-order valence-corrected chi connectivity index (χ4v) is 3.23. The summed E-state index contributed by atoms with van der Waals surface area (Å²) in [5.74, 6) is 0.463. The van der Waals surface area contributed by atoms with E-state index in [2.05, 4.69) is 35.7 Å². The van der Waals surface area contributed by atoms with Crippen LogP contribution in [0.15, 0.2) is 55.2 Å². The molecule has 0 aliphatic carbocycles. The van der Waals surface area contributed by atoms with E-state index in [9.17, 15) is 14.9 Å². The largest absolute Gasteiger partial charge is 0.355 e. The summed E-state index contributed by atoms with van der Waals surface area (Å²) >= 11 is 0. The Morgan fingerprint density at radius 2 is 1.81 bits per heavy atom. The number of piperazine rings is 1. The van der Waals surface area contributed by atoms with Crippen molar-refractivity contribution in [2.75, 3.05) is 41.4 Å². The van der Waals surface area contributed by atoms with Gasteiger partial charge in [0.2, 0.25) is 11.6 Å². The van der Waals surface area contributed by atoms with E-state index in [1.807, 2.05) is 23.1 Å². The molecule has 3 aromatic rings. The molecule has 3 aromatic heterocycles. The van der Waals surface area contributed by atoms with Gasteiger partial charge in [0.25, 0.3) is 5.91 Å². The summed E-state index contributed by atoms with van der Waals surface area (Å²) < 4.78 is 0. The van der Waals surface area contributed by atoms with E-state index in [1.165, 1.54) is 12.5 Å². The molecular weight excluding hydrogens is 402 g/mol. The third kappa shape index (κ3) is 4.47. The third-order valence-electron chi connectivity index (χ3n) is 4.76. The van der Waals surface area contributed by atoms with Gasteiger partial charge in [-0.25, -0.2) is 15.0 Å². The van der Waals surface area contributed by atoms with Gasteiger partial charge >= 0.3 is 5.69 Å². The number of hydrogen-bond acceptors (Lipinski definition) is 10. The van der Waals surface area contributed by atoms with Crippen LogP contribution in [0.25, 0.3) is 0 Å². The van der Waals surface area contributed by atoms with E-state index in [0.29, 0.717) is 31.7 Å². The summed E-state index contributed by atoms with van der Waals surface area (Å²) in [5.41, 5.74) is 4.95. The van der Waals surface area contributed by atoms with Gasteiger partial charge in [0, 0.05) is 44.8 Å². The molecule has 1 amide bonds. The molecule has 1 saturated heterocycles. The highest BCUT2D eigenvalue weighted by molar-refractivity contribution is 5.94. The molecule has 2 N–H and O–H groups in total. The zero-order valence-electron chi connectivity index (χ0n) is 16.4. The average Bonchev–Trinajstić information content (AvgIpc) is 2.83. The van der Waals surface area contributed by atoms with Crippen molar-refractivity contribution in [3.63, 3.8) is 0 Å². The van der Waals surface area contributed by atoms with Crippen LogP contribution in [0.2, 0.25) is 0 Å². The summed E-state index contributed by atoms with van der Waals surface area (Å²) in [7, 11) is 0. The second kappa shape index (κ2) is 8.98. The Labute approximate surface area is 177 Å². The molecule has 1 fully saturated rings. The lowest BCUT2D eigenvalue weighted by molar-refractivity contribution is -0.383. The predicted molar refractivity (Wildman–Crippen MR) is 113 cm³/mol. The molecular formula is C19H19N9O3. The maximum absolute atomic E-state index is 12.2. The smallest absolute Gasteiger partial charge is 0.353 e. The van der Waals surface area contributed by atoms with E-state index >= 15 is 0 Å². The van der Waals surface area contributed by atoms with Gasteiger partial charge in [-0.15, -0.1) is 0 Å². The lowest BCUT2D eigenvalue weighted by Gasteiger charge is -2.35. The van der Waals surface area contributed by atoms with Gasteiger partial charge in [-0.1, -0.05) is 6.07 Å². The molecule has 1 aliphatic rings.